The predicted octanol–water partition coefficient (Wildman–Crippen LogP) is 4.32. The summed E-state index contributed by atoms with van der Waals surface area (Å²) in [5.74, 6) is -1.71. The van der Waals surface area contributed by atoms with Crippen molar-refractivity contribution in [3.63, 3.8) is 0 Å². The first-order valence-electron chi connectivity index (χ1n) is 7.25. The number of carboxylic acids is 1. The van der Waals surface area contributed by atoms with Crippen molar-refractivity contribution in [2.75, 3.05) is 0 Å². The van der Waals surface area contributed by atoms with E-state index in [1.54, 1.807) is 36.5 Å². The number of hydrogen-bond acceptors (Lipinski definition) is 2. The number of carboxylic acid groups (broad SMARTS) is 1. The van der Waals surface area contributed by atoms with Crippen LogP contribution in [0, 0.1) is 11.6 Å². The van der Waals surface area contributed by atoms with E-state index in [2.05, 4.69) is 4.98 Å². The van der Waals surface area contributed by atoms with Crippen molar-refractivity contribution >= 4 is 5.97 Å². The Balaban J connectivity index is 2.08. The van der Waals surface area contributed by atoms with Crippen LogP contribution < -0.4 is 0 Å². The lowest BCUT2D eigenvalue weighted by atomic mass is 9.99. The molecule has 0 aliphatic carbocycles. The highest BCUT2D eigenvalue weighted by molar-refractivity contribution is 5.77. The van der Waals surface area contributed by atoms with Gasteiger partial charge in [0, 0.05) is 17.3 Å². The number of halogens is 2. The van der Waals surface area contributed by atoms with Crippen LogP contribution in [0.1, 0.15) is 5.56 Å². The molecule has 1 N–H and O–H groups in total. The van der Waals surface area contributed by atoms with Gasteiger partial charge in [0.25, 0.3) is 0 Å². The summed E-state index contributed by atoms with van der Waals surface area (Å²) in [7, 11) is 0. The lowest BCUT2D eigenvalue weighted by Gasteiger charge is -2.10. The Morgan fingerprint density at radius 2 is 1.42 bits per heavy atom. The second kappa shape index (κ2) is 6.58. The molecule has 0 spiro atoms. The molecule has 3 aromatic rings. The Morgan fingerprint density at radius 1 is 0.875 bits per heavy atom. The number of aromatic nitrogens is 1. The number of pyridine rings is 1. The van der Waals surface area contributed by atoms with Crippen LogP contribution in [0.15, 0.2) is 60.8 Å². The minimum Gasteiger partial charge on any atom is -0.481 e. The van der Waals surface area contributed by atoms with E-state index in [1.165, 1.54) is 24.3 Å². The molecule has 2 aromatic carbocycles. The first-order valence-corrected chi connectivity index (χ1v) is 7.25. The third-order valence-corrected chi connectivity index (χ3v) is 3.60. The molecule has 0 aliphatic rings. The van der Waals surface area contributed by atoms with Gasteiger partial charge >= 0.3 is 5.97 Å². The van der Waals surface area contributed by atoms with E-state index in [9.17, 15) is 13.6 Å². The lowest BCUT2D eigenvalue weighted by Crippen LogP contribution is -2.04. The van der Waals surface area contributed by atoms with Gasteiger partial charge in [-0.05, 0) is 53.6 Å². The monoisotopic (exact) mass is 325 g/mol. The van der Waals surface area contributed by atoms with Crippen LogP contribution in [0.25, 0.3) is 22.4 Å². The SMILES string of the molecule is O=C(O)Cc1cc(-c2ccc(F)cc2)cnc1-c1ccc(F)cc1. The first kappa shape index (κ1) is 15.8. The molecule has 0 bridgehead atoms. The van der Waals surface area contributed by atoms with E-state index in [1.807, 2.05) is 0 Å². The predicted molar refractivity (Wildman–Crippen MR) is 86.4 cm³/mol. The second-order valence-corrected chi connectivity index (χ2v) is 5.32. The molecule has 3 rings (SSSR count). The summed E-state index contributed by atoms with van der Waals surface area (Å²) >= 11 is 0. The highest BCUT2D eigenvalue weighted by Gasteiger charge is 2.12. The Hall–Kier alpha value is -3.08. The maximum atomic E-state index is 13.1. The van der Waals surface area contributed by atoms with Gasteiger partial charge in [0.2, 0.25) is 0 Å². The van der Waals surface area contributed by atoms with Crippen molar-refractivity contribution in [2.24, 2.45) is 0 Å². The smallest absolute Gasteiger partial charge is 0.307 e. The molecule has 120 valence electrons. The molecule has 0 saturated heterocycles. The van der Waals surface area contributed by atoms with Crippen LogP contribution in [0.3, 0.4) is 0 Å². The molecular formula is C19H13F2NO2. The number of nitrogens with zero attached hydrogens (tertiary/aromatic N) is 1. The van der Waals surface area contributed by atoms with E-state index >= 15 is 0 Å². The summed E-state index contributed by atoms with van der Waals surface area (Å²) in [5, 5.41) is 9.14. The zero-order valence-corrected chi connectivity index (χ0v) is 12.5. The molecule has 0 aliphatic heterocycles. The van der Waals surface area contributed by atoms with Crippen molar-refractivity contribution in [3.8, 4) is 22.4 Å². The summed E-state index contributed by atoms with van der Waals surface area (Å²) in [5.41, 5.74) is 3.07. The summed E-state index contributed by atoms with van der Waals surface area (Å²) in [6.45, 7) is 0. The van der Waals surface area contributed by atoms with Crippen LogP contribution >= 0.6 is 0 Å². The zero-order valence-electron chi connectivity index (χ0n) is 12.5. The lowest BCUT2D eigenvalue weighted by molar-refractivity contribution is -0.136. The van der Waals surface area contributed by atoms with Crippen LogP contribution in [0.4, 0.5) is 8.78 Å². The standard InChI is InChI=1S/C19H13F2NO2/c20-16-5-1-12(2-6-16)15-9-14(10-18(23)24)19(22-11-15)13-3-7-17(21)8-4-13/h1-9,11H,10H2,(H,23,24). The molecule has 0 atom stereocenters. The topological polar surface area (TPSA) is 50.2 Å². The zero-order chi connectivity index (χ0) is 17.1. The van der Waals surface area contributed by atoms with Gasteiger partial charge in [-0.15, -0.1) is 0 Å². The maximum absolute atomic E-state index is 13.1. The summed E-state index contributed by atoms with van der Waals surface area (Å²) in [4.78, 5) is 15.5. The molecule has 24 heavy (non-hydrogen) atoms. The summed E-state index contributed by atoms with van der Waals surface area (Å²) in [6.07, 6.45) is 1.38. The third kappa shape index (κ3) is 3.46. The highest BCUT2D eigenvalue weighted by Crippen LogP contribution is 2.27. The van der Waals surface area contributed by atoms with Crippen LogP contribution in [0.5, 0.6) is 0 Å². The van der Waals surface area contributed by atoms with Gasteiger partial charge < -0.3 is 5.11 Å². The largest absolute Gasteiger partial charge is 0.481 e. The molecule has 1 aromatic heterocycles. The van der Waals surface area contributed by atoms with Crippen molar-refractivity contribution in [1.29, 1.82) is 0 Å². The fraction of sp³-hybridized carbons (Fsp3) is 0.0526. The third-order valence-electron chi connectivity index (χ3n) is 3.60. The van der Waals surface area contributed by atoms with E-state index in [-0.39, 0.29) is 18.1 Å². The minimum atomic E-state index is -0.989. The Bertz CT molecular complexity index is 875. The number of hydrogen-bond donors (Lipinski definition) is 1. The van der Waals surface area contributed by atoms with E-state index < -0.39 is 5.97 Å². The van der Waals surface area contributed by atoms with Gasteiger partial charge in [0.15, 0.2) is 0 Å². The number of benzene rings is 2. The quantitative estimate of drug-likeness (QED) is 0.777. The minimum absolute atomic E-state index is 0.214. The molecule has 3 nitrogen and oxygen atoms in total. The highest BCUT2D eigenvalue weighted by atomic mass is 19.1. The molecule has 0 saturated carbocycles. The average Bonchev–Trinajstić information content (AvgIpc) is 2.56. The van der Waals surface area contributed by atoms with Gasteiger partial charge in [0.1, 0.15) is 11.6 Å². The van der Waals surface area contributed by atoms with Crippen LogP contribution in [-0.2, 0) is 11.2 Å². The second-order valence-electron chi connectivity index (χ2n) is 5.32. The molecule has 1 heterocycles. The fourth-order valence-corrected chi connectivity index (χ4v) is 2.48. The van der Waals surface area contributed by atoms with Gasteiger partial charge in [0.05, 0.1) is 12.1 Å². The van der Waals surface area contributed by atoms with Crippen molar-refractivity contribution in [1.82, 2.24) is 4.98 Å². The van der Waals surface area contributed by atoms with Crippen molar-refractivity contribution in [3.05, 3.63) is 78.0 Å². The van der Waals surface area contributed by atoms with Gasteiger partial charge in [-0.25, -0.2) is 8.78 Å². The Kier molecular flexibility index (Phi) is 4.33. The van der Waals surface area contributed by atoms with Crippen molar-refractivity contribution in [2.45, 2.75) is 6.42 Å². The summed E-state index contributed by atoms with van der Waals surface area (Å²) < 4.78 is 26.1. The molecule has 0 unspecified atom stereocenters. The van der Waals surface area contributed by atoms with Gasteiger partial charge in [-0.3, -0.25) is 9.78 Å². The summed E-state index contributed by atoms with van der Waals surface area (Å²) in [6, 6.07) is 13.3. The van der Waals surface area contributed by atoms with Crippen LogP contribution in [-0.4, -0.2) is 16.1 Å². The Morgan fingerprint density at radius 3 is 1.96 bits per heavy atom. The molecule has 0 radical (unpaired) electrons. The normalized spacial score (nSPS) is 10.6. The van der Waals surface area contributed by atoms with E-state index in [0.29, 0.717) is 22.4 Å². The number of rotatable bonds is 4. The van der Waals surface area contributed by atoms with Crippen LogP contribution in [0.2, 0.25) is 0 Å². The average molecular weight is 325 g/mol. The number of aliphatic carboxylic acids is 1. The number of carbonyl (C=O) groups is 1. The van der Waals surface area contributed by atoms with E-state index in [4.69, 9.17) is 5.11 Å². The van der Waals surface area contributed by atoms with Gasteiger partial charge in [-0.1, -0.05) is 12.1 Å². The fourth-order valence-electron chi connectivity index (χ4n) is 2.48. The Labute approximate surface area is 137 Å². The first-order chi connectivity index (χ1) is 11.5. The van der Waals surface area contributed by atoms with Crippen molar-refractivity contribution < 1.29 is 18.7 Å². The molecule has 0 fully saturated rings. The van der Waals surface area contributed by atoms with E-state index in [0.717, 1.165) is 5.56 Å². The molecular weight excluding hydrogens is 312 g/mol. The molecule has 5 heteroatoms. The molecule has 0 amide bonds. The maximum Gasteiger partial charge on any atom is 0.307 e. The van der Waals surface area contributed by atoms with Gasteiger partial charge in [-0.2, -0.15) is 0 Å².